The highest BCUT2D eigenvalue weighted by molar-refractivity contribution is 7.17. The van der Waals surface area contributed by atoms with Gasteiger partial charge >= 0.3 is 0 Å². The van der Waals surface area contributed by atoms with E-state index in [9.17, 15) is 4.79 Å². The van der Waals surface area contributed by atoms with Crippen LogP contribution in [0.25, 0.3) is 10.1 Å². The molecule has 156 valence electrons. The molecule has 0 saturated carbocycles. The number of carbonyl (C=O) groups excluding carboxylic acids is 1. The van der Waals surface area contributed by atoms with Crippen molar-refractivity contribution in [3.05, 3.63) is 59.0 Å². The predicted molar refractivity (Wildman–Crippen MR) is 123 cm³/mol. The van der Waals surface area contributed by atoms with Crippen LogP contribution in [0.15, 0.2) is 47.8 Å². The lowest BCUT2D eigenvalue weighted by molar-refractivity contribution is 0.0945. The quantitative estimate of drug-likeness (QED) is 0.616. The second-order valence-corrected chi connectivity index (χ2v) is 8.95. The SMILES string of the molecule is O=C1NCCc2ccc(OCCCN3CCN(c4ccc5sccc5c4)CC3)cc21. The molecule has 3 aromatic rings. The zero-order valence-corrected chi connectivity index (χ0v) is 17.9. The molecular weight excluding hydrogens is 394 g/mol. The average molecular weight is 422 g/mol. The summed E-state index contributed by atoms with van der Waals surface area (Å²) in [5.74, 6) is 0.803. The Balaban J connectivity index is 1.07. The number of rotatable bonds is 6. The van der Waals surface area contributed by atoms with Crippen molar-refractivity contribution in [1.29, 1.82) is 0 Å². The molecule has 0 unspecified atom stereocenters. The van der Waals surface area contributed by atoms with Gasteiger partial charge in [0.2, 0.25) is 0 Å². The molecule has 2 aromatic carbocycles. The number of anilines is 1. The zero-order valence-electron chi connectivity index (χ0n) is 17.1. The number of piperazine rings is 1. The van der Waals surface area contributed by atoms with E-state index in [1.807, 2.05) is 18.2 Å². The number of benzene rings is 2. The number of carbonyl (C=O) groups is 1. The number of amides is 1. The molecule has 30 heavy (non-hydrogen) atoms. The van der Waals surface area contributed by atoms with E-state index in [0.717, 1.165) is 69.0 Å². The predicted octanol–water partition coefficient (Wildman–Crippen LogP) is 3.78. The monoisotopic (exact) mass is 421 g/mol. The highest BCUT2D eigenvalue weighted by Gasteiger charge is 2.18. The molecule has 3 heterocycles. The maximum atomic E-state index is 12.0. The van der Waals surface area contributed by atoms with Crippen LogP contribution >= 0.6 is 11.3 Å². The van der Waals surface area contributed by atoms with Gasteiger partial charge in [0.15, 0.2) is 0 Å². The molecule has 2 aliphatic heterocycles. The summed E-state index contributed by atoms with van der Waals surface area (Å²) in [4.78, 5) is 17.0. The van der Waals surface area contributed by atoms with Crippen LogP contribution in [-0.4, -0.2) is 56.7 Å². The molecule has 0 radical (unpaired) electrons. The normalized spacial score (nSPS) is 17.1. The Hall–Kier alpha value is -2.57. The van der Waals surface area contributed by atoms with Gasteiger partial charge in [0.1, 0.15) is 5.75 Å². The van der Waals surface area contributed by atoms with Crippen LogP contribution in [-0.2, 0) is 6.42 Å². The van der Waals surface area contributed by atoms with Gasteiger partial charge in [-0.3, -0.25) is 9.69 Å². The summed E-state index contributed by atoms with van der Waals surface area (Å²) in [6, 6.07) is 14.9. The molecule has 5 rings (SSSR count). The van der Waals surface area contributed by atoms with Crippen molar-refractivity contribution in [2.75, 3.05) is 50.8 Å². The first-order chi connectivity index (χ1) is 14.8. The second-order valence-electron chi connectivity index (χ2n) is 8.00. The molecule has 1 fully saturated rings. The minimum Gasteiger partial charge on any atom is -0.494 e. The summed E-state index contributed by atoms with van der Waals surface area (Å²) in [6.45, 7) is 6.74. The van der Waals surface area contributed by atoms with Crippen LogP contribution in [0.5, 0.6) is 5.75 Å². The van der Waals surface area contributed by atoms with Gasteiger partial charge in [0.05, 0.1) is 6.61 Å². The fourth-order valence-electron chi connectivity index (χ4n) is 4.34. The molecule has 0 spiro atoms. The van der Waals surface area contributed by atoms with Gasteiger partial charge in [-0.05, 0) is 65.6 Å². The Morgan fingerprint density at radius 2 is 1.93 bits per heavy atom. The maximum Gasteiger partial charge on any atom is 0.251 e. The number of thiophene rings is 1. The van der Waals surface area contributed by atoms with Crippen LogP contribution in [0, 0.1) is 0 Å². The average Bonchev–Trinajstić information content (AvgIpc) is 3.26. The lowest BCUT2D eigenvalue weighted by atomic mass is 10.0. The van der Waals surface area contributed by atoms with Crippen molar-refractivity contribution in [2.24, 2.45) is 0 Å². The number of fused-ring (bicyclic) bond motifs is 2. The molecule has 0 atom stereocenters. The van der Waals surface area contributed by atoms with Crippen molar-refractivity contribution in [1.82, 2.24) is 10.2 Å². The molecule has 0 bridgehead atoms. The van der Waals surface area contributed by atoms with Crippen LogP contribution in [0.2, 0.25) is 0 Å². The standard InChI is InChI=1S/C24H27N3O2S/c28-24-22-17-21(4-2-18(22)6-8-25-24)29-14-1-9-26-10-12-27(13-11-26)20-3-5-23-19(16-20)7-15-30-23/h2-5,7,15-17H,1,6,8-14H2,(H,25,28). The van der Waals surface area contributed by atoms with E-state index in [2.05, 4.69) is 44.8 Å². The van der Waals surface area contributed by atoms with Crippen molar-refractivity contribution >= 4 is 33.0 Å². The topological polar surface area (TPSA) is 44.8 Å². The van der Waals surface area contributed by atoms with E-state index in [1.165, 1.54) is 15.8 Å². The molecule has 1 saturated heterocycles. The van der Waals surface area contributed by atoms with Crippen molar-refractivity contribution in [3.8, 4) is 5.75 Å². The smallest absolute Gasteiger partial charge is 0.251 e. The molecule has 6 heteroatoms. The minimum atomic E-state index is 0.0118. The lowest BCUT2D eigenvalue weighted by Gasteiger charge is -2.36. The molecule has 1 amide bonds. The van der Waals surface area contributed by atoms with E-state index in [-0.39, 0.29) is 5.91 Å². The summed E-state index contributed by atoms with van der Waals surface area (Å²) in [7, 11) is 0. The first-order valence-corrected chi connectivity index (χ1v) is 11.6. The maximum absolute atomic E-state index is 12.0. The van der Waals surface area contributed by atoms with E-state index >= 15 is 0 Å². The summed E-state index contributed by atoms with van der Waals surface area (Å²) < 4.78 is 7.28. The molecule has 0 aliphatic carbocycles. The van der Waals surface area contributed by atoms with Gasteiger partial charge < -0.3 is 15.0 Å². The largest absolute Gasteiger partial charge is 0.494 e. The fourth-order valence-corrected chi connectivity index (χ4v) is 5.11. The van der Waals surface area contributed by atoms with Crippen LogP contribution < -0.4 is 15.0 Å². The fraction of sp³-hybridized carbons (Fsp3) is 0.375. The van der Waals surface area contributed by atoms with Crippen molar-refractivity contribution in [3.63, 3.8) is 0 Å². The van der Waals surface area contributed by atoms with E-state index in [1.54, 1.807) is 11.3 Å². The van der Waals surface area contributed by atoms with Gasteiger partial charge in [0.25, 0.3) is 5.91 Å². The van der Waals surface area contributed by atoms with Crippen LogP contribution in [0.4, 0.5) is 5.69 Å². The first kappa shape index (κ1) is 19.4. The third-order valence-electron chi connectivity index (χ3n) is 6.07. The number of hydrogen-bond acceptors (Lipinski definition) is 5. The molecule has 5 nitrogen and oxygen atoms in total. The highest BCUT2D eigenvalue weighted by Crippen LogP contribution is 2.27. The molecule has 1 aromatic heterocycles. The summed E-state index contributed by atoms with van der Waals surface area (Å²) >= 11 is 1.80. The summed E-state index contributed by atoms with van der Waals surface area (Å²) in [5, 5.41) is 6.40. The van der Waals surface area contributed by atoms with Gasteiger partial charge in [-0.1, -0.05) is 6.07 Å². The summed E-state index contributed by atoms with van der Waals surface area (Å²) in [5.41, 5.74) is 3.21. The Bertz CT molecular complexity index is 1040. The van der Waals surface area contributed by atoms with Crippen molar-refractivity contribution < 1.29 is 9.53 Å². The van der Waals surface area contributed by atoms with Crippen molar-refractivity contribution in [2.45, 2.75) is 12.8 Å². The van der Waals surface area contributed by atoms with Gasteiger partial charge in [-0.2, -0.15) is 0 Å². The van der Waals surface area contributed by atoms with E-state index in [4.69, 9.17) is 4.74 Å². The number of hydrogen-bond donors (Lipinski definition) is 1. The number of nitrogens with zero attached hydrogens (tertiary/aromatic N) is 2. The number of ether oxygens (including phenoxy) is 1. The number of nitrogens with one attached hydrogen (secondary N) is 1. The second kappa shape index (κ2) is 8.66. The third kappa shape index (κ3) is 4.16. The molecule has 2 aliphatic rings. The first-order valence-electron chi connectivity index (χ1n) is 10.7. The Morgan fingerprint density at radius 3 is 2.83 bits per heavy atom. The van der Waals surface area contributed by atoms with Gasteiger partial charge in [-0.15, -0.1) is 11.3 Å². The van der Waals surface area contributed by atoms with E-state index in [0.29, 0.717) is 6.61 Å². The zero-order chi connectivity index (χ0) is 20.3. The molecular formula is C24H27N3O2S. The van der Waals surface area contributed by atoms with E-state index < -0.39 is 0 Å². The summed E-state index contributed by atoms with van der Waals surface area (Å²) in [6.07, 6.45) is 1.89. The Morgan fingerprint density at radius 1 is 1.03 bits per heavy atom. The molecule has 1 N–H and O–H groups in total. The minimum absolute atomic E-state index is 0.0118. The Labute approximate surface area is 181 Å². The van der Waals surface area contributed by atoms with Gasteiger partial charge in [0, 0.05) is 55.2 Å². The lowest BCUT2D eigenvalue weighted by Crippen LogP contribution is -2.46. The van der Waals surface area contributed by atoms with Crippen LogP contribution in [0.3, 0.4) is 0 Å². The highest BCUT2D eigenvalue weighted by atomic mass is 32.1. The Kier molecular flexibility index (Phi) is 5.60. The third-order valence-corrected chi connectivity index (χ3v) is 6.96. The van der Waals surface area contributed by atoms with Gasteiger partial charge in [-0.25, -0.2) is 0 Å². The van der Waals surface area contributed by atoms with Crippen LogP contribution in [0.1, 0.15) is 22.3 Å².